The first-order chi connectivity index (χ1) is 8.07. The van der Waals surface area contributed by atoms with Crippen LogP contribution in [-0.4, -0.2) is 23.3 Å². The van der Waals surface area contributed by atoms with E-state index in [2.05, 4.69) is 13.2 Å². The van der Waals surface area contributed by atoms with E-state index in [0.717, 1.165) is 4.90 Å². The number of rotatable bonds is 4. The standard InChI is InChI=1S/C14H15NO2/c1-4-10-15(13(16)11(2)3)14(17)12-8-6-5-7-9-12/h4-9H,1-2,10H2,3H3. The SMILES string of the molecule is C=CCN(C(=O)C(=C)C)C(=O)c1ccccc1. The van der Waals surface area contributed by atoms with Crippen molar-refractivity contribution in [2.24, 2.45) is 0 Å². The van der Waals surface area contributed by atoms with Gasteiger partial charge in [0.05, 0.1) is 0 Å². The zero-order valence-corrected chi connectivity index (χ0v) is 9.85. The molecule has 1 rings (SSSR count). The molecule has 17 heavy (non-hydrogen) atoms. The van der Waals surface area contributed by atoms with E-state index in [4.69, 9.17) is 0 Å². The molecule has 0 aromatic heterocycles. The summed E-state index contributed by atoms with van der Waals surface area (Å²) < 4.78 is 0. The Morgan fingerprint density at radius 1 is 1.29 bits per heavy atom. The summed E-state index contributed by atoms with van der Waals surface area (Å²) in [6, 6.07) is 8.67. The summed E-state index contributed by atoms with van der Waals surface area (Å²) in [6.07, 6.45) is 1.52. The minimum atomic E-state index is -0.376. The summed E-state index contributed by atoms with van der Waals surface area (Å²) in [7, 11) is 0. The van der Waals surface area contributed by atoms with Crippen molar-refractivity contribution in [1.29, 1.82) is 0 Å². The number of hydrogen-bond acceptors (Lipinski definition) is 2. The van der Waals surface area contributed by atoms with Crippen LogP contribution in [0.2, 0.25) is 0 Å². The Bertz CT molecular complexity index is 449. The van der Waals surface area contributed by atoms with Crippen LogP contribution in [0.15, 0.2) is 55.1 Å². The van der Waals surface area contributed by atoms with Gasteiger partial charge in [0, 0.05) is 17.7 Å². The molecule has 1 aromatic rings. The molecule has 0 radical (unpaired) electrons. The van der Waals surface area contributed by atoms with E-state index in [1.165, 1.54) is 6.08 Å². The summed E-state index contributed by atoms with van der Waals surface area (Å²) >= 11 is 0. The van der Waals surface area contributed by atoms with Crippen molar-refractivity contribution in [2.45, 2.75) is 6.92 Å². The maximum absolute atomic E-state index is 12.1. The van der Waals surface area contributed by atoms with Gasteiger partial charge in [-0.25, -0.2) is 0 Å². The predicted octanol–water partition coefficient (Wildman–Crippen LogP) is 2.42. The molecule has 0 saturated heterocycles. The third-order valence-corrected chi connectivity index (χ3v) is 2.19. The van der Waals surface area contributed by atoms with Gasteiger partial charge in [-0.15, -0.1) is 6.58 Å². The first-order valence-corrected chi connectivity index (χ1v) is 5.25. The van der Waals surface area contributed by atoms with Crippen molar-refractivity contribution < 1.29 is 9.59 Å². The number of carbonyl (C=O) groups is 2. The molecule has 3 nitrogen and oxygen atoms in total. The molecule has 0 heterocycles. The van der Waals surface area contributed by atoms with Crippen molar-refractivity contribution in [2.75, 3.05) is 6.54 Å². The smallest absolute Gasteiger partial charge is 0.261 e. The highest BCUT2D eigenvalue weighted by atomic mass is 16.2. The van der Waals surface area contributed by atoms with E-state index in [9.17, 15) is 9.59 Å². The van der Waals surface area contributed by atoms with Gasteiger partial charge < -0.3 is 0 Å². The van der Waals surface area contributed by atoms with E-state index in [1.54, 1.807) is 31.2 Å². The fourth-order valence-corrected chi connectivity index (χ4v) is 1.35. The van der Waals surface area contributed by atoms with Gasteiger partial charge in [-0.2, -0.15) is 0 Å². The monoisotopic (exact) mass is 229 g/mol. The highest BCUT2D eigenvalue weighted by Gasteiger charge is 2.21. The van der Waals surface area contributed by atoms with E-state index < -0.39 is 0 Å². The molecule has 0 aliphatic rings. The molecule has 1 aromatic carbocycles. The van der Waals surface area contributed by atoms with Crippen LogP contribution in [0.4, 0.5) is 0 Å². The molecule has 0 fully saturated rings. The second-order valence-electron chi connectivity index (χ2n) is 3.66. The number of nitrogens with zero attached hydrogens (tertiary/aromatic N) is 1. The van der Waals surface area contributed by atoms with Crippen LogP contribution >= 0.6 is 0 Å². The van der Waals surface area contributed by atoms with Crippen LogP contribution in [-0.2, 0) is 4.79 Å². The highest BCUT2D eigenvalue weighted by Crippen LogP contribution is 2.08. The molecular weight excluding hydrogens is 214 g/mol. The van der Waals surface area contributed by atoms with Crippen molar-refractivity contribution in [3.8, 4) is 0 Å². The van der Waals surface area contributed by atoms with Gasteiger partial charge in [-0.1, -0.05) is 30.9 Å². The van der Waals surface area contributed by atoms with Crippen molar-refractivity contribution in [3.63, 3.8) is 0 Å². The Labute approximate surface area is 101 Å². The van der Waals surface area contributed by atoms with Gasteiger partial charge >= 0.3 is 0 Å². The number of imide groups is 1. The van der Waals surface area contributed by atoms with Gasteiger partial charge in [-0.05, 0) is 19.1 Å². The van der Waals surface area contributed by atoms with Crippen LogP contribution in [0.5, 0.6) is 0 Å². The minimum Gasteiger partial charge on any atom is -0.271 e. The van der Waals surface area contributed by atoms with E-state index >= 15 is 0 Å². The highest BCUT2D eigenvalue weighted by molar-refractivity contribution is 6.09. The third-order valence-electron chi connectivity index (χ3n) is 2.19. The Morgan fingerprint density at radius 3 is 2.35 bits per heavy atom. The lowest BCUT2D eigenvalue weighted by molar-refractivity contribution is -0.124. The topological polar surface area (TPSA) is 37.4 Å². The molecule has 0 saturated carbocycles. The lowest BCUT2D eigenvalue weighted by Crippen LogP contribution is -2.37. The van der Waals surface area contributed by atoms with Crippen LogP contribution in [0, 0.1) is 0 Å². The van der Waals surface area contributed by atoms with E-state index in [-0.39, 0.29) is 18.4 Å². The molecule has 0 aliphatic heterocycles. The lowest BCUT2D eigenvalue weighted by Gasteiger charge is -2.19. The van der Waals surface area contributed by atoms with Crippen LogP contribution < -0.4 is 0 Å². The molecule has 0 N–H and O–H groups in total. The molecule has 0 unspecified atom stereocenters. The van der Waals surface area contributed by atoms with Crippen LogP contribution in [0.3, 0.4) is 0 Å². The second-order valence-corrected chi connectivity index (χ2v) is 3.66. The summed E-state index contributed by atoms with van der Waals surface area (Å²) in [5.41, 5.74) is 0.806. The quantitative estimate of drug-likeness (QED) is 0.587. The third kappa shape index (κ3) is 3.14. The zero-order chi connectivity index (χ0) is 12.8. The summed E-state index contributed by atoms with van der Waals surface area (Å²) in [5.74, 6) is -0.711. The van der Waals surface area contributed by atoms with Crippen molar-refractivity contribution >= 4 is 11.8 Å². The van der Waals surface area contributed by atoms with E-state index in [1.807, 2.05) is 6.07 Å². The average Bonchev–Trinajstić information content (AvgIpc) is 2.35. The first-order valence-electron chi connectivity index (χ1n) is 5.25. The Balaban J connectivity index is 3.00. The molecule has 0 spiro atoms. The number of amides is 2. The molecule has 0 bridgehead atoms. The second kappa shape index (κ2) is 5.80. The largest absolute Gasteiger partial charge is 0.271 e. The van der Waals surface area contributed by atoms with Gasteiger partial charge in [0.1, 0.15) is 0 Å². The average molecular weight is 229 g/mol. The molecule has 2 amide bonds. The Kier molecular flexibility index (Phi) is 4.40. The van der Waals surface area contributed by atoms with Crippen molar-refractivity contribution in [1.82, 2.24) is 4.90 Å². The first kappa shape index (κ1) is 12.9. The fraction of sp³-hybridized carbons (Fsp3) is 0.143. The Hall–Kier alpha value is -2.16. The number of hydrogen-bond donors (Lipinski definition) is 0. The summed E-state index contributed by atoms with van der Waals surface area (Å²) in [6.45, 7) is 8.86. The molecule has 0 aliphatic carbocycles. The molecule has 0 atom stereocenters. The maximum Gasteiger partial charge on any atom is 0.261 e. The molecule has 3 heteroatoms. The Morgan fingerprint density at radius 2 is 1.88 bits per heavy atom. The van der Waals surface area contributed by atoms with E-state index in [0.29, 0.717) is 11.1 Å². The summed E-state index contributed by atoms with van der Waals surface area (Å²) in [5, 5.41) is 0. The van der Waals surface area contributed by atoms with Gasteiger partial charge in [0.25, 0.3) is 11.8 Å². The van der Waals surface area contributed by atoms with Crippen LogP contribution in [0.1, 0.15) is 17.3 Å². The normalized spacial score (nSPS) is 9.47. The fourth-order valence-electron chi connectivity index (χ4n) is 1.35. The van der Waals surface area contributed by atoms with Gasteiger partial charge in [-0.3, -0.25) is 14.5 Å². The van der Waals surface area contributed by atoms with Gasteiger partial charge in [0.15, 0.2) is 0 Å². The summed E-state index contributed by atoms with van der Waals surface area (Å²) in [4.78, 5) is 25.0. The van der Waals surface area contributed by atoms with Crippen LogP contribution in [0.25, 0.3) is 0 Å². The predicted molar refractivity (Wildman–Crippen MR) is 67.5 cm³/mol. The molecular formula is C14H15NO2. The number of benzene rings is 1. The maximum atomic E-state index is 12.1. The lowest BCUT2D eigenvalue weighted by atomic mass is 10.2. The number of carbonyl (C=O) groups excluding carboxylic acids is 2. The molecule has 88 valence electrons. The van der Waals surface area contributed by atoms with Gasteiger partial charge in [0.2, 0.25) is 0 Å². The zero-order valence-electron chi connectivity index (χ0n) is 9.85. The van der Waals surface area contributed by atoms with Crippen molar-refractivity contribution in [3.05, 3.63) is 60.7 Å². The minimum absolute atomic E-state index is 0.180.